The molecule has 0 spiro atoms. The van der Waals surface area contributed by atoms with E-state index < -0.39 is 5.97 Å². The zero-order valence-electron chi connectivity index (χ0n) is 10.6. The number of carbonyl (C=O) groups is 2. The van der Waals surface area contributed by atoms with Crippen LogP contribution in [0.15, 0.2) is 0 Å². The fraction of sp³-hybridized carbons (Fsp3) is 0.818. The monoisotopic (exact) mass is 266 g/mol. The summed E-state index contributed by atoms with van der Waals surface area (Å²) >= 11 is 0. The van der Waals surface area contributed by atoms with E-state index in [-0.39, 0.29) is 25.6 Å². The van der Waals surface area contributed by atoms with Crippen LogP contribution in [-0.2, 0) is 19.1 Å². The fourth-order valence-electron chi connectivity index (χ4n) is 0.879. The standard InChI is InChI=1S/C7H12O4.C4H10O3/c1-11-7(10)5-3-2-4-6(8)9;5-1-3-7-4-2-6/h2-5H2,1H3,(H,8,9);5-6H,1-4H2. The van der Waals surface area contributed by atoms with Crippen LogP contribution in [0.5, 0.6) is 0 Å². The van der Waals surface area contributed by atoms with Gasteiger partial charge in [0.1, 0.15) is 0 Å². The Morgan fingerprint density at radius 3 is 1.89 bits per heavy atom. The van der Waals surface area contributed by atoms with Gasteiger partial charge < -0.3 is 24.8 Å². The Hall–Kier alpha value is -1.18. The molecule has 0 fully saturated rings. The van der Waals surface area contributed by atoms with Gasteiger partial charge in [0, 0.05) is 12.8 Å². The van der Waals surface area contributed by atoms with Crippen LogP contribution in [0, 0.1) is 0 Å². The molecule has 108 valence electrons. The summed E-state index contributed by atoms with van der Waals surface area (Å²) in [5.74, 6) is -1.11. The van der Waals surface area contributed by atoms with Crippen molar-refractivity contribution in [1.29, 1.82) is 0 Å². The Kier molecular flexibility index (Phi) is 16.8. The van der Waals surface area contributed by atoms with Gasteiger partial charge in [0.05, 0.1) is 33.5 Å². The Balaban J connectivity index is 0. The molecule has 0 bridgehead atoms. The summed E-state index contributed by atoms with van der Waals surface area (Å²) in [6, 6.07) is 0. The topological polar surface area (TPSA) is 113 Å². The molecule has 7 heteroatoms. The molecule has 0 heterocycles. The molecule has 0 aromatic rings. The van der Waals surface area contributed by atoms with Crippen molar-refractivity contribution in [1.82, 2.24) is 0 Å². The van der Waals surface area contributed by atoms with Gasteiger partial charge in [-0.05, 0) is 12.8 Å². The largest absolute Gasteiger partial charge is 0.481 e. The van der Waals surface area contributed by atoms with Crippen molar-refractivity contribution in [3.05, 3.63) is 0 Å². The lowest BCUT2D eigenvalue weighted by atomic mass is 10.2. The van der Waals surface area contributed by atoms with E-state index in [9.17, 15) is 9.59 Å². The zero-order valence-corrected chi connectivity index (χ0v) is 10.6. The SMILES string of the molecule is COC(=O)CCCCC(=O)O.OCCOCCO. The maximum Gasteiger partial charge on any atom is 0.305 e. The van der Waals surface area contributed by atoms with Gasteiger partial charge in [-0.15, -0.1) is 0 Å². The van der Waals surface area contributed by atoms with Crippen molar-refractivity contribution in [3.63, 3.8) is 0 Å². The number of hydrogen-bond acceptors (Lipinski definition) is 6. The first-order chi connectivity index (χ1) is 8.58. The maximum absolute atomic E-state index is 10.5. The summed E-state index contributed by atoms with van der Waals surface area (Å²) < 4.78 is 9.00. The van der Waals surface area contributed by atoms with Crippen molar-refractivity contribution in [2.24, 2.45) is 0 Å². The number of aliphatic hydroxyl groups excluding tert-OH is 2. The van der Waals surface area contributed by atoms with Crippen LogP contribution in [0.3, 0.4) is 0 Å². The van der Waals surface area contributed by atoms with Gasteiger partial charge in [-0.25, -0.2) is 0 Å². The number of esters is 1. The van der Waals surface area contributed by atoms with E-state index in [2.05, 4.69) is 9.47 Å². The molecule has 0 saturated carbocycles. The van der Waals surface area contributed by atoms with E-state index in [4.69, 9.17) is 15.3 Å². The molecule has 0 rings (SSSR count). The summed E-state index contributed by atoms with van der Waals surface area (Å²) in [5, 5.41) is 24.4. The molecule has 0 radical (unpaired) electrons. The smallest absolute Gasteiger partial charge is 0.305 e. The van der Waals surface area contributed by atoms with E-state index in [1.54, 1.807) is 0 Å². The molecule has 3 N–H and O–H groups in total. The number of ether oxygens (including phenoxy) is 2. The zero-order chi connectivity index (χ0) is 14.2. The first kappa shape index (κ1) is 19.2. The Morgan fingerprint density at radius 1 is 1.00 bits per heavy atom. The van der Waals surface area contributed by atoms with E-state index in [1.807, 2.05) is 0 Å². The number of methoxy groups -OCH3 is 1. The van der Waals surface area contributed by atoms with Gasteiger partial charge in [-0.3, -0.25) is 9.59 Å². The fourth-order valence-corrected chi connectivity index (χ4v) is 0.879. The van der Waals surface area contributed by atoms with Crippen LogP contribution in [0.2, 0.25) is 0 Å². The molecule has 0 unspecified atom stereocenters. The Labute approximate surface area is 106 Å². The van der Waals surface area contributed by atoms with Gasteiger partial charge in [-0.2, -0.15) is 0 Å². The van der Waals surface area contributed by atoms with Gasteiger partial charge in [0.2, 0.25) is 0 Å². The van der Waals surface area contributed by atoms with E-state index >= 15 is 0 Å². The van der Waals surface area contributed by atoms with E-state index in [0.717, 1.165) is 0 Å². The van der Waals surface area contributed by atoms with Crippen LogP contribution in [-0.4, -0.2) is 60.8 Å². The molecular weight excluding hydrogens is 244 g/mol. The van der Waals surface area contributed by atoms with E-state index in [0.29, 0.717) is 32.5 Å². The minimum absolute atomic E-state index is 0.0278. The molecule has 0 amide bonds. The maximum atomic E-state index is 10.5. The number of hydrogen-bond donors (Lipinski definition) is 3. The number of unbranched alkanes of at least 4 members (excludes halogenated alkanes) is 1. The van der Waals surface area contributed by atoms with Crippen molar-refractivity contribution in [2.75, 3.05) is 33.5 Å². The van der Waals surface area contributed by atoms with Gasteiger partial charge in [0.25, 0.3) is 0 Å². The van der Waals surface area contributed by atoms with Crippen molar-refractivity contribution in [3.8, 4) is 0 Å². The summed E-state index contributed by atoms with van der Waals surface area (Å²) in [6.45, 7) is 0.696. The summed E-state index contributed by atoms with van der Waals surface area (Å²) in [4.78, 5) is 20.5. The molecule has 0 atom stereocenters. The number of aliphatic hydroxyl groups is 2. The minimum Gasteiger partial charge on any atom is -0.481 e. The number of carbonyl (C=O) groups excluding carboxylic acids is 1. The summed E-state index contributed by atoms with van der Waals surface area (Å²) in [6.07, 6.45) is 1.55. The molecule has 0 aromatic carbocycles. The molecule has 7 nitrogen and oxygen atoms in total. The number of carboxylic acid groups (broad SMARTS) is 1. The van der Waals surface area contributed by atoms with Crippen LogP contribution >= 0.6 is 0 Å². The quantitative estimate of drug-likeness (QED) is 0.391. The highest BCUT2D eigenvalue weighted by Gasteiger charge is 2.01. The van der Waals surface area contributed by atoms with Gasteiger partial charge in [-0.1, -0.05) is 0 Å². The lowest BCUT2D eigenvalue weighted by molar-refractivity contribution is -0.141. The third kappa shape index (κ3) is 20.3. The Morgan fingerprint density at radius 2 is 1.50 bits per heavy atom. The second kappa shape index (κ2) is 15.8. The molecular formula is C11H22O7. The lowest BCUT2D eigenvalue weighted by Gasteiger charge is -1.96. The first-order valence-electron chi connectivity index (χ1n) is 5.66. The summed E-state index contributed by atoms with van der Waals surface area (Å²) in [7, 11) is 1.32. The van der Waals surface area contributed by atoms with Crippen molar-refractivity contribution >= 4 is 11.9 Å². The highest BCUT2D eigenvalue weighted by Crippen LogP contribution is 2.00. The third-order valence-corrected chi connectivity index (χ3v) is 1.72. The first-order valence-corrected chi connectivity index (χ1v) is 5.66. The Bertz CT molecular complexity index is 202. The third-order valence-electron chi connectivity index (χ3n) is 1.72. The normalized spacial score (nSPS) is 9.28. The van der Waals surface area contributed by atoms with Crippen LogP contribution in [0.1, 0.15) is 25.7 Å². The van der Waals surface area contributed by atoms with Crippen molar-refractivity contribution < 1.29 is 34.4 Å². The lowest BCUT2D eigenvalue weighted by Crippen LogP contribution is -2.03. The molecule has 18 heavy (non-hydrogen) atoms. The molecule has 0 aromatic heterocycles. The minimum atomic E-state index is -0.824. The molecule has 0 saturated heterocycles. The molecule has 0 aliphatic carbocycles. The second-order valence-electron chi connectivity index (χ2n) is 3.24. The highest BCUT2D eigenvalue weighted by molar-refractivity contribution is 5.69. The van der Waals surface area contributed by atoms with Crippen LogP contribution in [0.4, 0.5) is 0 Å². The van der Waals surface area contributed by atoms with Gasteiger partial charge >= 0.3 is 11.9 Å². The predicted molar refractivity (Wildman–Crippen MR) is 63.1 cm³/mol. The average Bonchev–Trinajstić information content (AvgIpc) is 2.35. The summed E-state index contributed by atoms with van der Waals surface area (Å²) in [5.41, 5.74) is 0. The van der Waals surface area contributed by atoms with Crippen molar-refractivity contribution in [2.45, 2.75) is 25.7 Å². The van der Waals surface area contributed by atoms with Crippen LogP contribution < -0.4 is 0 Å². The molecule has 0 aliphatic heterocycles. The highest BCUT2D eigenvalue weighted by atomic mass is 16.5. The number of aliphatic carboxylic acids is 1. The predicted octanol–water partition coefficient (Wildman–Crippen LogP) is -0.208. The average molecular weight is 266 g/mol. The number of rotatable bonds is 9. The van der Waals surface area contributed by atoms with Crippen LogP contribution in [0.25, 0.3) is 0 Å². The van der Waals surface area contributed by atoms with Gasteiger partial charge in [0.15, 0.2) is 0 Å². The second-order valence-corrected chi connectivity index (χ2v) is 3.24. The molecule has 0 aliphatic rings. The van der Waals surface area contributed by atoms with E-state index in [1.165, 1.54) is 7.11 Å². The number of carboxylic acids is 1.